The highest BCUT2D eigenvalue weighted by Crippen LogP contribution is 2.23. The molecule has 1 heterocycles. The number of unbranched alkanes of at least 4 members (excludes halogenated alkanes) is 1. The van der Waals surface area contributed by atoms with E-state index in [1.54, 1.807) is 22.1 Å². The van der Waals surface area contributed by atoms with Gasteiger partial charge in [0.05, 0.1) is 6.61 Å². The molecule has 2 amide bonds. The molecule has 0 aliphatic carbocycles. The number of aliphatic hydroxyl groups is 1. The number of carbonyl (C=O) groups excluding carboxylic acids is 3. The average Bonchev–Trinajstić information content (AvgIpc) is 2.85. The van der Waals surface area contributed by atoms with E-state index in [0.717, 1.165) is 18.4 Å². The van der Waals surface area contributed by atoms with Gasteiger partial charge in [-0.1, -0.05) is 50.3 Å². The van der Waals surface area contributed by atoms with Crippen LogP contribution in [0.3, 0.4) is 0 Å². The number of aliphatic hydroxyl groups excluding tert-OH is 1. The summed E-state index contributed by atoms with van der Waals surface area (Å²) in [5, 5.41) is 9.52. The Bertz CT molecular complexity index is 974. The van der Waals surface area contributed by atoms with Crippen molar-refractivity contribution in [1.82, 2.24) is 14.7 Å². The third kappa shape index (κ3) is 8.74. The van der Waals surface area contributed by atoms with Gasteiger partial charge in [-0.3, -0.25) is 9.59 Å². The zero-order valence-corrected chi connectivity index (χ0v) is 23.0. The molecule has 1 saturated heterocycles. The number of carbonyl (C=O) groups is 3. The quantitative estimate of drug-likeness (QED) is 0.340. The highest BCUT2D eigenvalue weighted by Gasteiger charge is 2.33. The van der Waals surface area contributed by atoms with E-state index in [-0.39, 0.29) is 30.9 Å². The summed E-state index contributed by atoms with van der Waals surface area (Å²) in [5.74, 6) is -0.123. The van der Waals surface area contributed by atoms with Crippen LogP contribution in [0.25, 0.3) is 0 Å². The number of nitrogens with zero attached hydrogens (tertiary/aromatic N) is 3. The zero-order valence-electron chi connectivity index (χ0n) is 23.0. The van der Waals surface area contributed by atoms with Crippen molar-refractivity contribution in [3.8, 4) is 0 Å². The summed E-state index contributed by atoms with van der Waals surface area (Å²) in [7, 11) is 0. The molecule has 0 saturated carbocycles. The van der Waals surface area contributed by atoms with Crippen LogP contribution in [0.15, 0.2) is 48.8 Å². The van der Waals surface area contributed by atoms with Crippen LogP contribution in [-0.4, -0.2) is 75.5 Å². The summed E-state index contributed by atoms with van der Waals surface area (Å²) in [6, 6.07) is 7.29. The van der Waals surface area contributed by atoms with E-state index in [9.17, 15) is 19.5 Å². The van der Waals surface area contributed by atoms with E-state index in [2.05, 4.69) is 13.5 Å². The molecule has 37 heavy (non-hydrogen) atoms. The summed E-state index contributed by atoms with van der Waals surface area (Å²) in [6.07, 6.45) is 5.93. The van der Waals surface area contributed by atoms with Gasteiger partial charge in [-0.05, 0) is 58.7 Å². The van der Waals surface area contributed by atoms with E-state index >= 15 is 0 Å². The zero-order chi connectivity index (χ0) is 27.6. The maximum Gasteiger partial charge on any atom is 0.410 e. The molecule has 1 aromatic carbocycles. The van der Waals surface area contributed by atoms with E-state index < -0.39 is 11.7 Å². The normalized spacial score (nSPS) is 14.8. The number of hydrogen-bond donors (Lipinski definition) is 1. The van der Waals surface area contributed by atoms with Crippen LogP contribution >= 0.6 is 0 Å². The van der Waals surface area contributed by atoms with E-state index in [0.29, 0.717) is 43.7 Å². The molecular weight excluding hydrogens is 470 g/mol. The fourth-order valence-electron chi connectivity index (χ4n) is 4.44. The summed E-state index contributed by atoms with van der Waals surface area (Å²) in [6.45, 7) is 14.3. The van der Waals surface area contributed by atoms with Crippen LogP contribution < -0.4 is 0 Å². The van der Waals surface area contributed by atoms with Gasteiger partial charge in [0.15, 0.2) is 5.78 Å². The van der Waals surface area contributed by atoms with Crippen molar-refractivity contribution < 1.29 is 24.2 Å². The molecule has 8 heteroatoms. The second-order valence-electron chi connectivity index (χ2n) is 10.3. The number of hydrogen-bond acceptors (Lipinski definition) is 6. The van der Waals surface area contributed by atoms with Crippen LogP contribution in [0, 0.1) is 0 Å². The third-order valence-electron chi connectivity index (χ3n) is 6.27. The lowest BCUT2D eigenvalue weighted by Gasteiger charge is -2.39. The number of rotatable bonds is 11. The van der Waals surface area contributed by atoms with Crippen LogP contribution in [0.5, 0.6) is 0 Å². The summed E-state index contributed by atoms with van der Waals surface area (Å²) in [4.78, 5) is 43.7. The Balaban J connectivity index is 2.18. The standard InChI is InChI=1S/C29H43N3O5/c1-7-9-14-26(30(8-2)21-23-12-10-11-13-25(23)22(3)34)27(35)31-17-15-24(16-18-31)32(19-20-33)28(36)37-29(4,5)6/h8,10-14,24,33H,2,7,9,15-21H2,1,3-6H3/b26-14-. The van der Waals surface area contributed by atoms with E-state index in [1.165, 1.54) is 6.92 Å². The Labute approximate surface area is 221 Å². The molecule has 1 fully saturated rings. The van der Waals surface area contributed by atoms with Crippen molar-refractivity contribution >= 4 is 17.8 Å². The Morgan fingerprint density at radius 1 is 1.19 bits per heavy atom. The van der Waals surface area contributed by atoms with Gasteiger partial charge in [-0.2, -0.15) is 0 Å². The van der Waals surface area contributed by atoms with Crippen LogP contribution in [-0.2, 0) is 16.1 Å². The van der Waals surface area contributed by atoms with Crippen molar-refractivity contribution in [3.63, 3.8) is 0 Å². The second kappa shape index (κ2) is 14.0. The van der Waals surface area contributed by atoms with Gasteiger partial charge in [0.1, 0.15) is 11.3 Å². The Hall–Kier alpha value is -3.13. The van der Waals surface area contributed by atoms with Crippen molar-refractivity contribution in [1.29, 1.82) is 0 Å². The van der Waals surface area contributed by atoms with Gasteiger partial charge in [0.2, 0.25) is 0 Å². The Kier molecular flexibility index (Phi) is 11.4. The molecule has 1 aromatic rings. The average molecular weight is 514 g/mol. The molecule has 8 nitrogen and oxygen atoms in total. The fraction of sp³-hybridized carbons (Fsp3) is 0.552. The minimum Gasteiger partial charge on any atom is -0.444 e. The lowest BCUT2D eigenvalue weighted by molar-refractivity contribution is -0.130. The second-order valence-corrected chi connectivity index (χ2v) is 10.3. The summed E-state index contributed by atoms with van der Waals surface area (Å²) < 4.78 is 5.54. The first-order valence-corrected chi connectivity index (χ1v) is 13.1. The lowest BCUT2D eigenvalue weighted by Crippen LogP contribution is -2.51. The topological polar surface area (TPSA) is 90.4 Å². The molecule has 0 aromatic heterocycles. The number of benzene rings is 1. The monoisotopic (exact) mass is 513 g/mol. The minimum absolute atomic E-state index is 0.0236. The predicted octanol–water partition coefficient (Wildman–Crippen LogP) is 4.74. The number of Topliss-reactive ketones (excluding diaryl/α,β-unsaturated/α-hetero) is 1. The maximum atomic E-state index is 13.7. The molecule has 1 N–H and O–H groups in total. The third-order valence-corrected chi connectivity index (χ3v) is 6.27. The fourth-order valence-corrected chi connectivity index (χ4v) is 4.44. The minimum atomic E-state index is -0.629. The number of amides is 2. The lowest BCUT2D eigenvalue weighted by atomic mass is 10.0. The molecule has 0 radical (unpaired) electrons. The largest absolute Gasteiger partial charge is 0.444 e. The number of ketones is 1. The van der Waals surface area contributed by atoms with Gasteiger partial charge in [-0.15, -0.1) is 0 Å². The maximum absolute atomic E-state index is 13.7. The number of allylic oxidation sites excluding steroid dienone is 1. The van der Waals surface area contributed by atoms with Crippen LogP contribution in [0.2, 0.25) is 0 Å². The Morgan fingerprint density at radius 3 is 2.38 bits per heavy atom. The van der Waals surface area contributed by atoms with Gasteiger partial charge < -0.3 is 24.5 Å². The van der Waals surface area contributed by atoms with Crippen LogP contribution in [0.4, 0.5) is 4.79 Å². The Morgan fingerprint density at radius 2 is 1.84 bits per heavy atom. The highest BCUT2D eigenvalue weighted by molar-refractivity contribution is 5.96. The van der Waals surface area contributed by atoms with Crippen molar-refractivity contribution in [2.75, 3.05) is 26.2 Å². The SMILES string of the molecule is C=CN(Cc1ccccc1C(C)=O)/C(=C\CCC)C(=O)N1CCC(N(CCO)C(=O)OC(C)(C)C)CC1. The first kappa shape index (κ1) is 30.1. The van der Waals surface area contributed by atoms with Crippen molar-refractivity contribution in [3.05, 3.63) is 59.9 Å². The molecular formula is C29H43N3O5. The van der Waals surface area contributed by atoms with Gasteiger partial charge in [0.25, 0.3) is 5.91 Å². The summed E-state index contributed by atoms with van der Waals surface area (Å²) in [5.41, 5.74) is 1.37. The first-order valence-electron chi connectivity index (χ1n) is 13.1. The summed E-state index contributed by atoms with van der Waals surface area (Å²) >= 11 is 0. The van der Waals surface area contributed by atoms with Crippen molar-refractivity contribution in [2.24, 2.45) is 0 Å². The number of ether oxygens (including phenoxy) is 1. The number of likely N-dealkylation sites (tertiary alicyclic amines) is 1. The molecule has 1 aliphatic rings. The molecule has 0 spiro atoms. The van der Waals surface area contributed by atoms with Gasteiger partial charge in [-0.25, -0.2) is 4.79 Å². The van der Waals surface area contributed by atoms with Crippen molar-refractivity contribution in [2.45, 2.75) is 78.5 Å². The van der Waals surface area contributed by atoms with E-state index in [4.69, 9.17) is 4.74 Å². The highest BCUT2D eigenvalue weighted by atomic mass is 16.6. The molecule has 2 rings (SSSR count). The predicted molar refractivity (Wildman–Crippen MR) is 145 cm³/mol. The van der Waals surface area contributed by atoms with Crippen LogP contribution in [0.1, 0.15) is 76.2 Å². The first-order chi connectivity index (χ1) is 17.5. The van der Waals surface area contributed by atoms with Gasteiger partial charge >= 0.3 is 6.09 Å². The number of piperidine rings is 1. The molecule has 1 aliphatic heterocycles. The molecule has 0 unspecified atom stereocenters. The molecule has 0 bridgehead atoms. The van der Waals surface area contributed by atoms with E-state index in [1.807, 2.05) is 49.9 Å². The van der Waals surface area contributed by atoms with Gasteiger partial charge in [0, 0.05) is 37.8 Å². The molecule has 0 atom stereocenters. The molecule has 204 valence electrons. The smallest absolute Gasteiger partial charge is 0.410 e.